The predicted molar refractivity (Wildman–Crippen MR) is 207 cm³/mol. The molecule has 1 aromatic heterocycles. The molecule has 8 rings (SSSR count). The number of ether oxygens (including phenoxy) is 1. The molecule has 2 atom stereocenters. The summed E-state index contributed by atoms with van der Waals surface area (Å²) in [6.45, 7) is 10.7. The van der Waals surface area contributed by atoms with E-state index in [0.717, 1.165) is 91.2 Å². The summed E-state index contributed by atoms with van der Waals surface area (Å²) >= 11 is 0. The highest BCUT2D eigenvalue weighted by Gasteiger charge is 2.41. The second-order valence-electron chi connectivity index (χ2n) is 14.4. The van der Waals surface area contributed by atoms with E-state index in [2.05, 4.69) is 111 Å². The predicted octanol–water partition coefficient (Wildman–Crippen LogP) is 5.31. The van der Waals surface area contributed by atoms with Crippen LogP contribution in [0.5, 0.6) is 0 Å². The van der Waals surface area contributed by atoms with E-state index in [4.69, 9.17) is 19.7 Å². The summed E-state index contributed by atoms with van der Waals surface area (Å²) in [6, 6.07) is 12.7. The first-order valence-corrected chi connectivity index (χ1v) is 18.2. The number of hydrogen-bond donors (Lipinski definition) is 2. The molecule has 1 fully saturated rings. The fourth-order valence-electron chi connectivity index (χ4n) is 8.41. The standard InChI is InChI=1S/C44H43N5O3.HI/c1-8-29-23(2)34-21-38-30(16-15-28-14-13-27-11-9-10-12-39(27)49(28)6)24(3)33(46-38)20-35-25(4)31(17-18-41(51)52-7)43(47-35)32-19-40(50)42-26(5)36(48-44(32)42)22-37(29)45-34;/h9-16,20-22,25,31H,8,17-19H2,1-7H3,(H,45,46,47,48);1H/t25-,31-;/m0./s1. The van der Waals surface area contributed by atoms with Gasteiger partial charge in [-0.25, -0.2) is 15.0 Å². The van der Waals surface area contributed by atoms with Gasteiger partial charge in [-0.05, 0) is 92.3 Å². The SMILES string of the molecule is CCC1=C(C)C2=NC1=CC1=C(C)C3=C(O)CC(=C4NC(=CC5=NC(=C2)C(/C=C/c2ccc6ccccc6[n+]2C)=C5C)[C@@H](C)[C@@H]4CCC(=O)OC)C3=N1.[I-]. The summed E-state index contributed by atoms with van der Waals surface area (Å²) < 4.78 is 7.26. The summed E-state index contributed by atoms with van der Waals surface area (Å²) in [5, 5.41) is 16.3. The maximum Gasteiger partial charge on any atom is 0.305 e. The molecule has 8 nitrogen and oxygen atoms in total. The van der Waals surface area contributed by atoms with Crippen molar-refractivity contribution in [1.82, 2.24) is 5.32 Å². The second kappa shape index (κ2) is 14.2. The summed E-state index contributed by atoms with van der Waals surface area (Å²) in [7, 11) is 3.53. The number of benzene rings is 1. The fraction of sp³-hybridized carbons (Fsp3) is 0.295. The van der Waals surface area contributed by atoms with E-state index in [0.29, 0.717) is 25.0 Å². The number of pyridine rings is 1. The van der Waals surface area contributed by atoms with Crippen molar-refractivity contribution in [3.63, 3.8) is 0 Å². The minimum atomic E-state index is -0.235. The van der Waals surface area contributed by atoms with Crippen LogP contribution in [-0.2, 0) is 16.6 Å². The van der Waals surface area contributed by atoms with Gasteiger partial charge in [0.2, 0.25) is 11.2 Å². The van der Waals surface area contributed by atoms with Gasteiger partial charge in [0.25, 0.3) is 0 Å². The van der Waals surface area contributed by atoms with Crippen LogP contribution in [0.2, 0.25) is 0 Å². The van der Waals surface area contributed by atoms with Crippen LogP contribution in [-0.4, -0.2) is 35.3 Å². The third-order valence-corrected chi connectivity index (χ3v) is 11.5. The largest absolute Gasteiger partial charge is 1.00 e. The average Bonchev–Trinajstić information content (AvgIpc) is 3.89. The number of rotatable bonds is 6. The second-order valence-corrected chi connectivity index (χ2v) is 14.4. The van der Waals surface area contributed by atoms with Gasteiger partial charge in [-0.15, -0.1) is 0 Å². The number of aryl methyl sites for hydroxylation is 1. The van der Waals surface area contributed by atoms with Crippen LogP contribution in [0.1, 0.15) is 66.0 Å². The zero-order valence-electron chi connectivity index (χ0n) is 31.3. The van der Waals surface area contributed by atoms with Gasteiger partial charge in [-0.3, -0.25) is 4.79 Å². The number of aliphatic hydroxyl groups is 1. The van der Waals surface area contributed by atoms with Crippen molar-refractivity contribution in [2.75, 3.05) is 7.11 Å². The Morgan fingerprint density at radius 2 is 1.74 bits per heavy atom. The number of nitrogens with one attached hydrogen (secondary N) is 1. The highest BCUT2D eigenvalue weighted by atomic mass is 127. The Morgan fingerprint density at radius 1 is 0.981 bits per heavy atom. The number of nitrogens with zero attached hydrogens (tertiary/aromatic N) is 4. The van der Waals surface area contributed by atoms with E-state index >= 15 is 0 Å². The van der Waals surface area contributed by atoms with E-state index in [1.54, 1.807) is 0 Å². The van der Waals surface area contributed by atoms with E-state index in [9.17, 15) is 9.90 Å². The van der Waals surface area contributed by atoms with Crippen LogP contribution in [0.3, 0.4) is 0 Å². The molecule has 270 valence electrons. The first-order chi connectivity index (χ1) is 25.1. The van der Waals surface area contributed by atoms with Crippen LogP contribution in [0, 0.1) is 11.8 Å². The molecule has 2 aromatic rings. The van der Waals surface area contributed by atoms with Crippen molar-refractivity contribution in [1.29, 1.82) is 0 Å². The van der Waals surface area contributed by atoms with Crippen LogP contribution in [0.25, 0.3) is 17.0 Å². The Hall–Kier alpha value is -4.90. The molecule has 0 radical (unpaired) electrons. The lowest BCUT2D eigenvalue weighted by atomic mass is 9.86. The number of fused-ring (bicyclic) bond motifs is 6. The maximum absolute atomic E-state index is 12.4. The number of carbonyl (C=O) groups is 1. The molecule has 8 bridgehead atoms. The number of para-hydroxylation sites is 1. The van der Waals surface area contributed by atoms with E-state index in [1.807, 2.05) is 6.92 Å². The smallest absolute Gasteiger partial charge is 0.305 e. The summed E-state index contributed by atoms with van der Waals surface area (Å²) in [4.78, 5) is 28.0. The third kappa shape index (κ3) is 6.12. The zero-order chi connectivity index (χ0) is 36.4. The first-order valence-electron chi connectivity index (χ1n) is 18.2. The Kier molecular flexibility index (Phi) is 9.74. The lowest BCUT2D eigenvalue weighted by Gasteiger charge is -2.17. The molecule has 1 aromatic carbocycles. The van der Waals surface area contributed by atoms with Gasteiger partial charge in [-0.2, -0.15) is 4.57 Å². The number of methoxy groups -OCH3 is 1. The average molecular weight is 818 g/mol. The molecule has 2 N–H and O–H groups in total. The summed E-state index contributed by atoms with van der Waals surface area (Å²) in [5.41, 5.74) is 16.6. The summed E-state index contributed by atoms with van der Waals surface area (Å²) in [5.74, 6) is 0.152. The van der Waals surface area contributed by atoms with Crippen molar-refractivity contribution in [3.8, 4) is 0 Å². The van der Waals surface area contributed by atoms with Crippen molar-refractivity contribution < 1.29 is 43.2 Å². The molecule has 1 aliphatic carbocycles. The monoisotopic (exact) mass is 817 g/mol. The molecule has 0 saturated carbocycles. The lowest BCUT2D eigenvalue weighted by molar-refractivity contribution is -0.646. The molecule has 5 aliphatic heterocycles. The number of aliphatic hydroxyl groups excluding tert-OH is 1. The normalized spacial score (nSPS) is 22.0. The number of aliphatic imine (C=N–C) groups is 3. The van der Waals surface area contributed by atoms with Gasteiger partial charge < -0.3 is 39.1 Å². The van der Waals surface area contributed by atoms with Crippen molar-refractivity contribution in [3.05, 3.63) is 140 Å². The maximum atomic E-state index is 12.4. The molecule has 6 aliphatic rings. The molecular weight excluding hydrogens is 773 g/mol. The van der Waals surface area contributed by atoms with Crippen molar-refractivity contribution >= 4 is 40.1 Å². The topological polar surface area (TPSA) is 99.5 Å². The van der Waals surface area contributed by atoms with Gasteiger partial charge in [0.1, 0.15) is 12.8 Å². The molecule has 53 heavy (non-hydrogen) atoms. The number of allylic oxidation sites excluding steroid dienone is 12. The van der Waals surface area contributed by atoms with E-state index in [-0.39, 0.29) is 41.8 Å². The number of carbonyl (C=O) groups excluding carboxylic acids is 1. The van der Waals surface area contributed by atoms with Crippen LogP contribution in [0.4, 0.5) is 0 Å². The van der Waals surface area contributed by atoms with Crippen LogP contribution < -0.4 is 33.9 Å². The molecule has 0 spiro atoms. The van der Waals surface area contributed by atoms with Crippen molar-refractivity contribution in [2.24, 2.45) is 33.9 Å². The number of aromatic nitrogens is 1. The molecule has 6 heterocycles. The highest BCUT2D eigenvalue weighted by Crippen LogP contribution is 2.46. The minimum absolute atomic E-state index is 0. The quantitative estimate of drug-likeness (QED) is 0.235. The molecule has 0 unspecified atom stereocenters. The minimum Gasteiger partial charge on any atom is -1.00 e. The first kappa shape index (κ1) is 36.5. The van der Waals surface area contributed by atoms with Crippen LogP contribution >= 0.6 is 0 Å². The zero-order valence-corrected chi connectivity index (χ0v) is 33.4. The van der Waals surface area contributed by atoms with Gasteiger partial charge in [0.15, 0.2) is 0 Å². The molecule has 0 amide bonds. The Balaban J connectivity index is 0.00000435. The Morgan fingerprint density at radius 3 is 2.51 bits per heavy atom. The third-order valence-electron chi connectivity index (χ3n) is 11.5. The Labute approximate surface area is 328 Å². The molecular formula is C44H44IN5O3. The van der Waals surface area contributed by atoms with Crippen LogP contribution in [0.15, 0.2) is 149 Å². The van der Waals surface area contributed by atoms with E-state index < -0.39 is 0 Å². The number of halogens is 1. The van der Waals surface area contributed by atoms with E-state index in [1.165, 1.54) is 23.6 Å². The molecule has 1 saturated heterocycles. The Bertz CT molecular complexity index is 2410. The van der Waals surface area contributed by atoms with Gasteiger partial charge in [0, 0.05) is 76.4 Å². The molecule has 9 heteroatoms. The lowest BCUT2D eigenvalue weighted by Crippen LogP contribution is -3.00. The number of hydrogen-bond acceptors (Lipinski definition) is 7. The van der Waals surface area contributed by atoms with Gasteiger partial charge >= 0.3 is 5.97 Å². The van der Waals surface area contributed by atoms with Gasteiger partial charge in [0.05, 0.1) is 41.3 Å². The number of esters is 1. The van der Waals surface area contributed by atoms with Crippen molar-refractivity contribution in [2.45, 2.75) is 60.3 Å². The summed E-state index contributed by atoms with van der Waals surface area (Å²) in [6.07, 6.45) is 12.8. The fourth-order valence-corrected chi connectivity index (χ4v) is 8.41. The highest BCUT2D eigenvalue weighted by molar-refractivity contribution is 6.21. The van der Waals surface area contributed by atoms with Gasteiger partial charge in [-0.1, -0.05) is 26.0 Å².